The van der Waals surface area contributed by atoms with Gasteiger partial charge in [-0.2, -0.15) is 0 Å². The number of hydrogen-bond donors (Lipinski definition) is 2. The molecule has 0 aliphatic carbocycles. The molecule has 2 amide bonds. The summed E-state index contributed by atoms with van der Waals surface area (Å²) in [6, 6.07) is 18.9. The molecule has 0 atom stereocenters. The van der Waals surface area contributed by atoms with Gasteiger partial charge in [0.25, 0.3) is 11.8 Å². The SMILES string of the molecule is O=C(Nc1ccc(Cl)cc1)/C(=C\c1ccncc1)NC(=O)c1ccccc1. The highest BCUT2D eigenvalue weighted by Gasteiger charge is 2.15. The lowest BCUT2D eigenvalue weighted by Crippen LogP contribution is -2.30. The number of rotatable bonds is 5. The van der Waals surface area contributed by atoms with Gasteiger partial charge in [-0.15, -0.1) is 0 Å². The largest absolute Gasteiger partial charge is 0.321 e. The first-order chi connectivity index (χ1) is 13.1. The first kappa shape index (κ1) is 18.4. The minimum Gasteiger partial charge on any atom is -0.321 e. The fourth-order valence-corrected chi connectivity index (χ4v) is 2.43. The first-order valence-corrected chi connectivity index (χ1v) is 8.55. The van der Waals surface area contributed by atoms with Crippen molar-refractivity contribution in [2.45, 2.75) is 0 Å². The van der Waals surface area contributed by atoms with Crippen LogP contribution in [0.1, 0.15) is 15.9 Å². The number of anilines is 1. The van der Waals surface area contributed by atoms with Crippen molar-refractivity contribution in [2.24, 2.45) is 0 Å². The van der Waals surface area contributed by atoms with Crippen LogP contribution in [-0.4, -0.2) is 16.8 Å². The van der Waals surface area contributed by atoms with Crippen molar-refractivity contribution in [3.63, 3.8) is 0 Å². The number of carbonyl (C=O) groups is 2. The van der Waals surface area contributed by atoms with Crippen molar-refractivity contribution >= 4 is 35.2 Å². The number of nitrogens with zero attached hydrogens (tertiary/aromatic N) is 1. The first-order valence-electron chi connectivity index (χ1n) is 8.17. The molecule has 3 rings (SSSR count). The van der Waals surface area contributed by atoms with E-state index in [4.69, 9.17) is 11.6 Å². The number of carbonyl (C=O) groups excluding carboxylic acids is 2. The van der Waals surface area contributed by atoms with Crippen LogP contribution >= 0.6 is 11.6 Å². The zero-order chi connectivity index (χ0) is 19.1. The third-order valence-corrected chi connectivity index (χ3v) is 3.90. The van der Waals surface area contributed by atoms with Gasteiger partial charge in [-0.05, 0) is 60.2 Å². The minimum atomic E-state index is -0.446. The third-order valence-electron chi connectivity index (χ3n) is 3.65. The van der Waals surface area contributed by atoms with Crippen LogP contribution in [0.5, 0.6) is 0 Å². The summed E-state index contributed by atoms with van der Waals surface area (Å²) in [7, 11) is 0. The topological polar surface area (TPSA) is 71.1 Å². The summed E-state index contributed by atoms with van der Waals surface area (Å²) in [5, 5.41) is 5.99. The molecule has 0 aliphatic rings. The molecule has 3 aromatic rings. The zero-order valence-corrected chi connectivity index (χ0v) is 15.0. The number of pyridine rings is 1. The monoisotopic (exact) mass is 377 g/mol. The predicted octanol–water partition coefficient (Wildman–Crippen LogP) is 4.14. The van der Waals surface area contributed by atoms with Crippen molar-refractivity contribution in [1.29, 1.82) is 0 Å². The quantitative estimate of drug-likeness (QED) is 0.656. The molecule has 2 aromatic carbocycles. The molecule has 27 heavy (non-hydrogen) atoms. The Hall–Kier alpha value is -3.44. The highest BCUT2D eigenvalue weighted by atomic mass is 35.5. The van der Waals surface area contributed by atoms with Gasteiger partial charge in [0, 0.05) is 28.7 Å². The van der Waals surface area contributed by atoms with E-state index in [1.807, 2.05) is 6.07 Å². The molecule has 0 saturated carbocycles. The second-order valence-corrected chi connectivity index (χ2v) is 6.06. The van der Waals surface area contributed by atoms with E-state index in [0.29, 0.717) is 16.3 Å². The molecule has 134 valence electrons. The molecule has 0 spiro atoms. The van der Waals surface area contributed by atoms with Gasteiger partial charge in [-0.3, -0.25) is 14.6 Å². The minimum absolute atomic E-state index is 0.116. The number of benzene rings is 2. The van der Waals surface area contributed by atoms with Crippen molar-refractivity contribution in [2.75, 3.05) is 5.32 Å². The van der Waals surface area contributed by atoms with Crippen LogP contribution in [-0.2, 0) is 4.79 Å². The summed E-state index contributed by atoms with van der Waals surface area (Å²) in [6.45, 7) is 0. The van der Waals surface area contributed by atoms with Crippen molar-refractivity contribution in [3.05, 3.63) is 101 Å². The molecule has 0 unspecified atom stereocenters. The van der Waals surface area contributed by atoms with Gasteiger partial charge in [-0.25, -0.2) is 0 Å². The molecule has 0 fully saturated rings. The van der Waals surface area contributed by atoms with E-state index in [0.717, 1.165) is 5.56 Å². The van der Waals surface area contributed by atoms with E-state index in [-0.39, 0.29) is 11.6 Å². The van der Waals surface area contributed by atoms with Crippen molar-refractivity contribution < 1.29 is 9.59 Å². The van der Waals surface area contributed by atoms with Gasteiger partial charge in [0.1, 0.15) is 5.70 Å². The van der Waals surface area contributed by atoms with Crippen LogP contribution in [0.2, 0.25) is 5.02 Å². The lowest BCUT2D eigenvalue weighted by atomic mass is 10.2. The highest BCUT2D eigenvalue weighted by molar-refractivity contribution is 6.30. The van der Waals surface area contributed by atoms with Gasteiger partial charge < -0.3 is 10.6 Å². The summed E-state index contributed by atoms with van der Waals surface area (Å²) in [6.07, 6.45) is 4.81. The molecule has 0 bridgehead atoms. The van der Waals surface area contributed by atoms with Crippen LogP contribution in [0.4, 0.5) is 5.69 Å². The van der Waals surface area contributed by atoms with Crippen molar-refractivity contribution in [1.82, 2.24) is 10.3 Å². The molecule has 0 saturated heterocycles. The maximum Gasteiger partial charge on any atom is 0.272 e. The lowest BCUT2D eigenvalue weighted by Gasteiger charge is -2.11. The molecule has 1 heterocycles. The smallest absolute Gasteiger partial charge is 0.272 e. The number of halogens is 1. The Morgan fingerprint density at radius 3 is 2.22 bits per heavy atom. The average molecular weight is 378 g/mol. The van der Waals surface area contributed by atoms with E-state index >= 15 is 0 Å². The summed E-state index contributed by atoms with van der Waals surface area (Å²) in [5.41, 5.74) is 1.88. The Balaban J connectivity index is 1.85. The maximum atomic E-state index is 12.7. The Morgan fingerprint density at radius 2 is 1.56 bits per heavy atom. The second-order valence-electron chi connectivity index (χ2n) is 5.62. The summed E-state index contributed by atoms with van der Waals surface area (Å²) in [4.78, 5) is 29.2. The van der Waals surface area contributed by atoms with Gasteiger partial charge >= 0.3 is 0 Å². The molecule has 0 radical (unpaired) electrons. The van der Waals surface area contributed by atoms with Gasteiger partial charge in [0.05, 0.1) is 0 Å². The number of aromatic nitrogens is 1. The average Bonchev–Trinajstić information content (AvgIpc) is 2.70. The van der Waals surface area contributed by atoms with Crippen molar-refractivity contribution in [3.8, 4) is 0 Å². The lowest BCUT2D eigenvalue weighted by molar-refractivity contribution is -0.113. The second kappa shape index (κ2) is 8.78. The summed E-state index contributed by atoms with van der Waals surface area (Å²) >= 11 is 5.87. The maximum absolute atomic E-state index is 12.7. The van der Waals surface area contributed by atoms with Crippen LogP contribution in [0.25, 0.3) is 6.08 Å². The fraction of sp³-hybridized carbons (Fsp3) is 0. The standard InChI is InChI=1S/C21H16ClN3O2/c22-17-6-8-18(9-7-17)24-21(27)19(14-15-10-12-23-13-11-15)25-20(26)16-4-2-1-3-5-16/h1-14H,(H,24,27)(H,25,26)/b19-14+. The summed E-state index contributed by atoms with van der Waals surface area (Å²) < 4.78 is 0. The molecular formula is C21H16ClN3O2. The highest BCUT2D eigenvalue weighted by Crippen LogP contribution is 2.15. The zero-order valence-electron chi connectivity index (χ0n) is 14.2. The Bertz CT molecular complexity index is 956. The van der Waals surface area contributed by atoms with Crippen LogP contribution in [0.15, 0.2) is 84.8 Å². The van der Waals surface area contributed by atoms with E-state index in [9.17, 15) is 9.59 Å². The summed E-state index contributed by atoms with van der Waals surface area (Å²) in [5.74, 6) is -0.819. The van der Waals surface area contributed by atoms with Gasteiger partial charge in [0.15, 0.2) is 0 Å². The van der Waals surface area contributed by atoms with Crippen LogP contribution in [0.3, 0.4) is 0 Å². The van der Waals surface area contributed by atoms with E-state index in [1.165, 1.54) is 0 Å². The van der Waals surface area contributed by atoms with Gasteiger partial charge in [0.2, 0.25) is 0 Å². The Morgan fingerprint density at radius 1 is 0.889 bits per heavy atom. The number of hydrogen-bond acceptors (Lipinski definition) is 3. The molecule has 1 aromatic heterocycles. The molecular weight excluding hydrogens is 362 g/mol. The van der Waals surface area contributed by atoms with Crippen LogP contribution < -0.4 is 10.6 Å². The number of amides is 2. The normalized spacial score (nSPS) is 10.9. The molecule has 5 nitrogen and oxygen atoms in total. The molecule has 6 heteroatoms. The Labute approximate surface area is 161 Å². The predicted molar refractivity (Wildman–Crippen MR) is 106 cm³/mol. The third kappa shape index (κ3) is 5.26. The molecule has 0 aliphatic heterocycles. The van der Waals surface area contributed by atoms with E-state index in [2.05, 4.69) is 15.6 Å². The fourth-order valence-electron chi connectivity index (χ4n) is 2.30. The molecule has 2 N–H and O–H groups in total. The Kier molecular flexibility index (Phi) is 5.97. The van der Waals surface area contributed by atoms with E-state index < -0.39 is 5.91 Å². The van der Waals surface area contributed by atoms with E-state index in [1.54, 1.807) is 79.1 Å². The van der Waals surface area contributed by atoms with Crippen LogP contribution in [0, 0.1) is 0 Å². The number of nitrogens with one attached hydrogen (secondary N) is 2. The van der Waals surface area contributed by atoms with Gasteiger partial charge in [-0.1, -0.05) is 29.8 Å².